The predicted molar refractivity (Wildman–Crippen MR) is 109 cm³/mol. The van der Waals surface area contributed by atoms with Crippen LogP contribution in [-0.4, -0.2) is 28.7 Å². The van der Waals surface area contributed by atoms with Crippen molar-refractivity contribution in [3.63, 3.8) is 0 Å². The summed E-state index contributed by atoms with van der Waals surface area (Å²) in [5, 5.41) is 11.5. The van der Waals surface area contributed by atoms with Crippen molar-refractivity contribution in [2.75, 3.05) is 12.4 Å². The van der Waals surface area contributed by atoms with Crippen LogP contribution in [0.1, 0.15) is 15.9 Å². The number of hydrogen-bond donors (Lipinski definition) is 2. The third-order valence-electron chi connectivity index (χ3n) is 4.48. The molecule has 2 aromatic carbocycles. The molecule has 3 rings (SSSR count). The molecule has 0 aliphatic rings. The maximum absolute atomic E-state index is 13.5. The number of rotatable bonds is 6. The Kier molecular flexibility index (Phi) is 5.96. The maximum Gasteiger partial charge on any atom is 0.323 e. The van der Waals surface area contributed by atoms with Crippen molar-refractivity contribution in [2.45, 2.75) is 13.5 Å². The van der Waals surface area contributed by atoms with Crippen LogP contribution in [0.15, 0.2) is 59.5 Å². The second kappa shape index (κ2) is 8.60. The third-order valence-corrected chi connectivity index (χ3v) is 4.48. The zero-order valence-corrected chi connectivity index (χ0v) is 16.3. The molecule has 0 unspecified atom stereocenters. The maximum atomic E-state index is 13.5. The highest BCUT2D eigenvalue weighted by molar-refractivity contribution is 6.06. The van der Waals surface area contributed by atoms with Crippen LogP contribution in [0.25, 0.3) is 11.1 Å². The van der Waals surface area contributed by atoms with Gasteiger partial charge in [0.15, 0.2) is 0 Å². The molecular weight excluding hydrogens is 391 g/mol. The zero-order chi connectivity index (χ0) is 21.8. The van der Waals surface area contributed by atoms with Crippen molar-refractivity contribution >= 4 is 17.6 Å². The van der Waals surface area contributed by atoms with Gasteiger partial charge in [0.2, 0.25) is 0 Å². The smallest absolute Gasteiger partial charge is 0.323 e. The van der Waals surface area contributed by atoms with Gasteiger partial charge in [-0.25, -0.2) is 4.39 Å². The summed E-state index contributed by atoms with van der Waals surface area (Å²) in [7, 11) is 1.43. The number of hydrogen-bond acceptors (Lipinski definition) is 4. The lowest BCUT2D eigenvalue weighted by molar-refractivity contribution is -0.137. The number of nitrogens with zero attached hydrogens (tertiary/aromatic N) is 1. The highest BCUT2D eigenvalue weighted by Gasteiger charge is 2.15. The Labute approximate surface area is 171 Å². The number of aromatic nitrogens is 1. The Morgan fingerprint density at radius 3 is 2.47 bits per heavy atom. The van der Waals surface area contributed by atoms with Gasteiger partial charge in [-0.2, -0.15) is 0 Å². The third kappa shape index (κ3) is 4.54. The number of carboxylic acid groups (broad SMARTS) is 1. The number of ether oxygens (including phenoxy) is 1. The van der Waals surface area contributed by atoms with E-state index in [1.807, 2.05) is 0 Å². The van der Waals surface area contributed by atoms with Crippen molar-refractivity contribution in [2.24, 2.45) is 0 Å². The first-order chi connectivity index (χ1) is 14.3. The van der Waals surface area contributed by atoms with E-state index in [9.17, 15) is 18.8 Å². The molecule has 30 heavy (non-hydrogen) atoms. The second-order valence-electron chi connectivity index (χ2n) is 6.61. The lowest BCUT2D eigenvalue weighted by atomic mass is 10.0. The number of pyridine rings is 1. The second-order valence-corrected chi connectivity index (χ2v) is 6.61. The van der Waals surface area contributed by atoms with E-state index in [4.69, 9.17) is 9.84 Å². The number of methoxy groups -OCH3 is 1. The van der Waals surface area contributed by atoms with E-state index in [1.165, 1.54) is 31.5 Å². The Morgan fingerprint density at radius 1 is 1.10 bits per heavy atom. The van der Waals surface area contributed by atoms with E-state index in [-0.39, 0.29) is 17.1 Å². The van der Waals surface area contributed by atoms with E-state index in [2.05, 4.69) is 5.32 Å². The van der Waals surface area contributed by atoms with Crippen LogP contribution < -0.4 is 15.6 Å². The van der Waals surface area contributed by atoms with E-state index in [0.29, 0.717) is 11.3 Å². The van der Waals surface area contributed by atoms with Gasteiger partial charge in [-0.15, -0.1) is 0 Å². The highest BCUT2D eigenvalue weighted by Crippen LogP contribution is 2.29. The lowest BCUT2D eigenvalue weighted by Gasteiger charge is -2.12. The van der Waals surface area contributed by atoms with E-state index < -0.39 is 24.0 Å². The molecule has 7 nitrogen and oxygen atoms in total. The molecule has 3 aromatic rings. The quantitative estimate of drug-likeness (QED) is 0.650. The van der Waals surface area contributed by atoms with Gasteiger partial charge in [-0.05, 0) is 53.9 Å². The van der Waals surface area contributed by atoms with Gasteiger partial charge < -0.3 is 19.7 Å². The summed E-state index contributed by atoms with van der Waals surface area (Å²) in [6.45, 7) is 1.15. The number of carbonyl (C=O) groups excluding carboxylic acids is 1. The van der Waals surface area contributed by atoms with Crippen LogP contribution in [-0.2, 0) is 11.3 Å². The average Bonchev–Trinajstić information content (AvgIpc) is 2.71. The predicted octanol–water partition coefficient (Wildman–Crippen LogP) is 3.31. The number of aliphatic carboxylic acids is 1. The molecule has 0 fully saturated rings. The van der Waals surface area contributed by atoms with Crippen LogP contribution in [0.5, 0.6) is 5.75 Å². The summed E-state index contributed by atoms with van der Waals surface area (Å²) in [6, 6.07) is 12.3. The standard InChI is InChI=1S/C22H19FN2O5/c1-13-9-14(4-7-18(13)23)15-3-6-17(19(10-15)30-2)22(29)24-16-5-8-20(26)25(11-16)12-21(27)28/h3-11H,12H2,1-2H3,(H,24,29)(H,27,28). The summed E-state index contributed by atoms with van der Waals surface area (Å²) >= 11 is 0. The van der Waals surface area contributed by atoms with E-state index in [0.717, 1.165) is 15.7 Å². The fourth-order valence-electron chi connectivity index (χ4n) is 2.96. The van der Waals surface area contributed by atoms with Crippen LogP contribution in [0.4, 0.5) is 10.1 Å². The molecule has 8 heteroatoms. The molecule has 0 radical (unpaired) electrons. The molecule has 2 N–H and O–H groups in total. The number of nitrogens with one attached hydrogen (secondary N) is 1. The SMILES string of the molecule is COc1cc(-c2ccc(F)c(C)c2)ccc1C(=O)Nc1ccc(=O)n(CC(=O)O)c1. The summed E-state index contributed by atoms with van der Waals surface area (Å²) in [4.78, 5) is 35.3. The van der Waals surface area contributed by atoms with Crippen molar-refractivity contribution in [3.8, 4) is 16.9 Å². The largest absolute Gasteiger partial charge is 0.496 e. The Hall–Kier alpha value is -3.94. The Balaban J connectivity index is 1.88. The molecule has 0 spiro atoms. The summed E-state index contributed by atoms with van der Waals surface area (Å²) in [6.07, 6.45) is 1.26. The highest BCUT2D eigenvalue weighted by atomic mass is 19.1. The molecule has 0 aliphatic carbocycles. The minimum Gasteiger partial charge on any atom is -0.496 e. The van der Waals surface area contributed by atoms with Gasteiger partial charge in [0, 0.05) is 12.3 Å². The van der Waals surface area contributed by atoms with E-state index >= 15 is 0 Å². The molecule has 1 amide bonds. The number of benzene rings is 2. The molecular formula is C22H19FN2O5. The fourth-order valence-corrected chi connectivity index (χ4v) is 2.96. The monoisotopic (exact) mass is 410 g/mol. The van der Waals surface area contributed by atoms with Gasteiger partial charge >= 0.3 is 5.97 Å². The Bertz CT molecular complexity index is 1190. The van der Waals surface area contributed by atoms with Gasteiger partial charge in [0.05, 0.1) is 18.4 Å². The van der Waals surface area contributed by atoms with Crippen molar-refractivity contribution < 1.29 is 23.8 Å². The number of amides is 1. The first-order valence-electron chi connectivity index (χ1n) is 8.96. The first kappa shape index (κ1) is 20.8. The van der Waals surface area contributed by atoms with Crippen molar-refractivity contribution in [1.29, 1.82) is 0 Å². The van der Waals surface area contributed by atoms with Gasteiger partial charge in [-0.1, -0.05) is 12.1 Å². The minimum atomic E-state index is -1.17. The lowest BCUT2D eigenvalue weighted by Crippen LogP contribution is -2.24. The molecule has 0 aliphatic heterocycles. The Morgan fingerprint density at radius 2 is 1.80 bits per heavy atom. The number of carbonyl (C=O) groups is 2. The van der Waals surface area contributed by atoms with Gasteiger partial charge in [-0.3, -0.25) is 14.4 Å². The molecule has 0 saturated carbocycles. The normalized spacial score (nSPS) is 10.5. The molecule has 154 valence electrons. The topological polar surface area (TPSA) is 97.6 Å². The van der Waals surface area contributed by atoms with Crippen molar-refractivity contribution in [1.82, 2.24) is 4.57 Å². The molecule has 0 bridgehead atoms. The molecule has 1 aromatic heterocycles. The number of carboxylic acids is 1. The summed E-state index contributed by atoms with van der Waals surface area (Å²) < 4.78 is 19.9. The number of aryl methyl sites for hydroxylation is 1. The van der Waals surface area contributed by atoms with Gasteiger partial charge in [0.25, 0.3) is 11.5 Å². The number of anilines is 1. The summed E-state index contributed by atoms with van der Waals surface area (Å²) in [5.41, 5.74) is 2.05. The van der Waals surface area contributed by atoms with Crippen LogP contribution in [0.2, 0.25) is 0 Å². The fraction of sp³-hybridized carbons (Fsp3) is 0.136. The van der Waals surface area contributed by atoms with Crippen molar-refractivity contribution in [3.05, 3.63) is 82.0 Å². The van der Waals surface area contributed by atoms with E-state index in [1.54, 1.807) is 37.3 Å². The molecule has 0 saturated heterocycles. The molecule has 1 heterocycles. The zero-order valence-electron chi connectivity index (χ0n) is 16.3. The van der Waals surface area contributed by atoms with Gasteiger partial charge in [0.1, 0.15) is 18.1 Å². The van der Waals surface area contributed by atoms with Crippen LogP contribution in [0.3, 0.4) is 0 Å². The van der Waals surface area contributed by atoms with Crippen LogP contribution in [0, 0.1) is 12.7 Å². The molecule has 0 atom stereocenters. The number of halogens is 1. The van der Waals surface area contributed by atoms with Crippen LogP contribution >= 0.6 is 0 Å². The summed E-state index contributed by atoms with van der Waals surface area (Å²) in [5.74, 6) is -1.65. The minimum absolute atomic E-state index is 0.246. The first-order valence-corrected chi connectivity index (χ1v) is 8.96. The average molecular weight is 410 g/mol.